The summed E-state index contributed by atoms with van der Waals surface area (Å²) in [6.07, 6.45) is 2.29. The smallest absolute Gasteiger partial charge is 0.0495 e. The van der Waals surface area contributed by atoms with E-state index in [0.717, 1.165) is 16.8 Å². The van der Waals surface area contributed by atoms with Crippen LogP contribution in [-0.2, 0) is 12.3 Å². The number of rotatable bonds is 5. The first-order valence-corrected chi connectivity index (χ1v) is 10.1. The molecule has 0 aliphatic heterocycles. The Labute approximate surface area is 160 Å². The summed E-state index contributed by atoms with van der Waals surface area (Å²) in [4.78, 5) is 1.34. The van der Waals surface area contributed by atoms with E-state index in [0.29, 0.717) is 0 Å². The Hall–Kier alpha value is -1.97. The number of halogens is 1. The first-order chi connectivity index (χ1) is 12.3. The number of hydrogen-bond acceptors (Lipinski definition) is 1. The average molecular weight is 408 g/mol. The van der Waals surface area contributed by atoms with Crippen molar-refractivity contribution in [2.75, 3.05) is 0 Å². The molecule has 0 saturated heterocycles. The van der Waals surface area contributed by atoms with E-state index in [1.165, 1.54) is 26.9 Å². The third kappa shape index (κ3) is 3.83. The van der Waals surface area contributed by atoms with Gasteiger partial charge in [0.05, 0.1) is 0 Å². The first kappa shape index (κ1) is 16.5. The van der Waals surface area contributed by atoms with E-state index >= 15 is 0 Å². The molecule has 0 radical (unpaired) electrons. The van der Waals surface area contributed by atoms with E-state index < -0.39 is 0 Å². The van der Waals surface area contributed by atoms with E-state index in [-0.39, 0.29) is 0 Å². The number of para-hydroxylation sites is 1. The number of hydrogen-bond donors (Lipinski definition) is 0. The van der Waals surface area contributed by atoms with Crippen molar-refractivity contribution in [2.24, 2.45) is 0 Å². The molecule has 124 valence electrons. The Balaban J connectivity index is 1.61. The predicted molar refractivity (Wildman–Crippen MR) is 111 cm³/mol. The lowest BCUT2D eigenvalue weighted by Crippen LogP contribution is -1.97. The van der Waals surface area contributed by atoms with Gasteiger partial charge in [-0.3, -0.25) is 0 Å². The van der Waals surface area contributed by atoms with Gasteiger partial charge in [-0.05, 0) is 29.3 Å². The van der Waals surface area contributed by atoms with Crippen LogP contribution in [0.1, 0.15) is 11.1 Å². The largest absolute Gasteiger partial charge is 0.342 e. The molecule has 0 aliphatic rings. The number of fused-ring (bicyclic) bond motifs is 1. The molecule has 1 nitrogen and oxygen atoms in total. The summed E-state index contributed by atoms with van der Waals surface area (Å²) in [6, 6.07) is 27.9. The number of nitrogens with zero attached hydrogens (tertiary/aromatic N) is 1. The summed E-state index contributed by atoms with van der Waals surface area (Å²) >= 11 is 5.40. The van der Waals surface area contributed by atoms with Crippen LogP contribution in [0.15, 0.2) is 94.4 Å². The highest BCUT2D eigenvalue weighted by molar-refractivity contribution is 9.10. The minimum absolute atomic E-state index is 0.903. The van der Waals surface area contributed by atoms with Crippen LogP contribution in [0.5, 0.6) is 0 Å². The van der Waals surface area contributed by atoms with Gasteiger partial charge in [0.15, 0.2) is 0 Å². The van der Waals surface area contributed by atoms with Gasteiger partial charge in [0.1, 0.15) is 0 Å². The van der Waals surface area contributed by atoms with Crippen molar-refractivity contribution >= 4 is 38.6 Å². The molecule has 0 bridgehead atoms. The molecule has 0 N–H and O–H groups in total. The van der Waals surface area contributed by atoms with Gasteiger partial charge in [0.25, 0.3) is 0 Å². The van der Waals surface area contributed by atoms with Crippen molar-refractivity contribution < 1.29 is 0 Å². The number of benzene rings is 3. The zero-order chi connectivity index (χ0) is 17.1. The summed E-state index contributed by atoms with van der Waals surface area (Å²) < 4.78 is 3.48. The average Bonchev–Trinajstić information content (AvgIpc) is 3.00. The van der Waals surface area contributed by atoms with Gasteiger partial charge >= 0.3 is 0 Å². The molecule has 0 saturated carbocycles. The van der Waals surface area contributed by atoms with Gasteiger partial charge in [-0.25, -0.2) is 0 Å². The lowest BCUT2D eigenvalue weighted by atomic mass is 10.2. The van der Waals surface area contributed by atoms with Crippen LogP contribution >= 0.6 is 27.7 Å². The van der Waals surface area contributed by atoms with E-state index in [1.807, 2.05) is 11.8 Å². The molecule has 4 aromatic rings. The molecule has 0 atom stereocenters. The maximum absolute atomic E-state index is 3.50. The van der Waals surface area contributed by atoms with Crippen molar-refractivity contribution in [3.63, 3.8) is 0 Å². The summed E-state index contributed by atoms with van der Waals surface area (Å²) in [5, 5.41) is 1.33. The molecule has 0 fully saturated rings. The minimum Gasteiger partial charge on any atom is -0.342 e. The molecule has 0 amide bonds. The van der Waals surface area contributed by atoms with E-state index in [2.05, 4.69) is 106 Å². The van der Waals surface area contributed by atoms with Crippen LogP contribution in [0, 0.1) is 0 Å². The highest BCUT2D eigenvalue weighted by atomic mass is 79.9. The molecular formula is C22H18BrNS. The van der Waals surface area contributed by atoms with Crippen LogP contribution in [0.2, 0.25) is 0 Å². The van der Waals surface area contributed by atoms with E-state index in [1.54, 1.807) is 0 Å². The van der Waals surface area contributed by atoms with Crippen molar-refractivity contribution in [1.29, 1.82) is 0 Å². The van der Waals surface area contributed by atoms with Gasteiger partial charge in [0, 0.05) is 38.8 Å². The lowest BCUT2D eigenvalue weighted by Gasteiger charge is -2.05. The van der Waals surface area contributed by atoms with Gasteiger partial charge in [-0.1, -0.05) is 76.6 Å². The second kappa shape index (κ2) is 7.51. The molecule has 1 aromatic heterocycles. The highest BCUT2D eigenvalue weighted by Crippen LogP contribution is 2.32. The Morgan fingerprint density at radius 1 is 0.760 bits per heavy atom. The predicted octanol–water partition coefficient (Wildman–Crippen LogP) is 6.74. The minimum atomic E-state index is 0.903. The van der Waals surface area contributed by atoms with Crippen LogP contribution in [0.3, 0.4) is 0 Å². The molecule has 3 heteroatoms. The maximum atomic E-state index is 3.50. The van der Waals surface area contributed by atoms with Crippen molar-refractivity contribution in [2.45, 2.75) is 17.2 Å². The Bertz CT molecular complexity index is 974. The standard InChI is InChI=1S/C22H18BrNS/c23-19-12-10-18(11-13-19)16-25-22-15-24(14-17-6-2-1-3-7-17)21-9-5-4-8-20(21)22/h1-13,15H,14,16H2. The molecule has 3 aromatic carbocycles. The SMILES string of the molecule is Brc1ccc(CSc2cn(Cc3ccccc3)c3ccccc23)cc1. The monoisotopic (exact) mass is 407 g/mol. The maximum Gasteiger partial charge on any atom is 0.0495 e. The first-order valence-electron chi connectivity index (χ1n) is 8.28. The summed E-state index contributed by atoms with van der Waals surface area (Å²) in [5.41, 5.74) is 3.96. The Morgan fingerprint density at radius 2 is 1.48 bits per heavy atom. The number of aromatic nitrogens is 1. The topological polar surface area (TPSA) is 4.93 Å². The molecule has 25 heavy (non-hydrogen) atoms. The summed E-state index contributed by atoms with van der Waals surface area (Å²) in [5.74, 6) is 0.979. The normalized spacial score (nSPS) is 11.1. The fourth-order valence-corrected chi connectivity index (χ4v) is 4.29. The van der Waals surface area contributed by atoms with Crippen LogP contribution in [0.4, 0.5) is 0 Å². The zero-order valence-electron chi connectivity index (χ0n) is 13.7. The molecule has 0 aliphatic carbocycles. The summed E-state index contributed by atoms with van der Waals surface area (Å²) in [7, 11) is 0. The van der Waals surface area contributed by atoms with Crippen LogP contribution < -0.4 is 0 Å². The molecule has 1 heterocycles. The molecule has 0 unspecified atom stereocenters. The van der Waals surface area contributed by atoms with Crippen molar-refractivity contribution in [1.82, 2.24) is 4.57 Å². The number of thioether (sulfide) groups is 1. The quantitative estimate of drug-likeness (QED) is 0.331. The zero-order valence-corrected chi connectivity index (χ0v) is 16.1. The van der Waals surface area contributed by atoms with Crippen LogP contribution in [-0.4, -0.2) is 4.57 Å². The van der Waals surface area contributed by atoms with Gasteiger partial charge in [-0.15, -0.1) is 11.8 Å². The second-order valence-electron chi connectivity index (χ2n) is 6.04. The third-order valence-electron chi connectivity index (χ3n) is 4.26. The third-order valence-corrected chi connectivity index (χ3v) is 5.90. The molecule has 4 rings (SSSR count). The second-order valence-corrected chi connectivity index (χ2v) is 7.97. The fraction of sp³-hybridized carbons (Fsp3) is 0.0909. The van der Waals surface area contributed by atoms with E-state index in [4.69, 9.17) is 0 Å². The van der Waals surface area contributed by atoms with Crippen molar-refractivity contribution in [3.8, 4) is 0 Å². The van der Waals surface area contributed by atoms with Crippen molar-refractivity contribution in [3.05, 3.63) is 101 Å². The highest BCUT2D eigenvalue weighted by Gasteiger charge is 2.09. The Kier molecular flexibility index (Phi) is 4.95. The van der Waals surface area contributed by atoms with Crippen LogP contribution in [0.25, 0.3) is 10.9 Å². The summed E-state index contributed by atoms with van der Waals surface area (Å²) in [6.45, 7) is 0.903. The van der Waals surface area contributed by atoms with Gasteiger partial charge < -0.3 is 4.57 Å². The van der Waals surface area contributed by atoms with E-state index in [9.17, 15) is 0 Å². The lowest BCUT2D eigenvalue weighted by molar-refractivity contribution is 0.830. The molecule has 0 spiro atoms. The van der Waals surface area contributed by atoms with Gasteiger partial charge in [-0.2, -0.15) is 0 Å². The Morgan fingerprint density at radius 3 is 2.28 bits per heavy atom. The molecular weight excluding hydrogens is 390 g/mol. The fourth-order valence-electron chi connectivity index (χ4n) is 2.98. The van der Waals surface area contributed by atoms with Gasteiger partial charge in [0.2, 0.25) is 0 Å².